The van der Waals surface area contributed by atoms with Crippen molar-refractivity contribution in [3.05, 3.63) is 0 Å². The van der Waals surface area contributed by atoms with E-state index in [4.69, 9.17) is 5.11 Å². The van der Waals surface area contributed by atoms with Crippen LogP contribution in [0.4, 0.5) is 0 Å². The third-order valence-electron chi connectivity index (χ3n) is 2.56. The number of carboxylic acid groups (broad SMARTS) is 2. The molecule has 0 amide bonds. The first-order chi connectivity index (χ1) is 7.58. The van der Waals surface area contributed by atoms with Crippen molar-refractivity contribution in [3.8, 4) is 0 Å². The second kappa shape index (κ2) is 5.53. The van der Waals surface area contributed by atoms with Gasteiger partial charge in [-0.25, -0.2) is 0 Å². The normalized spacial score (nSPS) is 15.1. The van der Waals surface area contributed by atoms with E-state index >= 15 is 0 Å². The summed E-state index contributed by atoms with van der Waals surface area (Å²) in [6.45, 7) is 4.83. The lowest BCUT2D eigenvalue weighted by atomic mass is 9.71. The monoisotopic (exact) mass is 262 g/mol. The van der Waals surface area contributed by atoms with Gasteiger partial charge in [-0.1, -0.05) is 20.8 Å². The van der Waals surface area contributed by atoms with E-state index in [-0.39, 0.29) is 18.6 Å². The zero-order valence-corrected chi connectivity index (χ0v) is 11.1. The van der Waals surface area contributed by atoms with E-state index in [1.165, 1.54) is 0 Å². The predicted octanol–water partition coefficient (Wildman–Crippen LogP) is 1.47. The highest BCUT2D eigenvalue weighted by Gasteiger charge is 2.48. The highest BCUT2D eigenvalue weighted by molar-refractivity contribution is 7.80. The second-order valence-corrected chi connectivity index (χ2v) is 5.33. The van der Waals surface area contributed by atoms with Gasteiger partial charge in [-0.05, 0) is 6.42 Å². The third kappa shape index (κ3) is 3.73. The molecule has 98 valence electrons. The third-order valence-corrected chi connectivity index (χ3v) is 3.10. The van der Waals surface area contributed by atoms with Crippen LogP contribution < -0.4 is 0 Å². The molecule has 5 nitrogen and oxygen atoms in total. The van der Waals surface area contributed by atoms with Gasteiger partial charge in [0, 0.05) is 17.6 Å². The number of carboxylic acids is 2. The molecule has 0 saturated heterocycles. The number of thiol groups is 1. The zero-order valence-electron chi connectivity index (χ0n) is 10.2. The Hall–Kier alpha value is -1.04. The lowest BCUT2D eigenvalue weighted by Gasteiger charge is -2.32. The average molecular weight is 262 g/mol. The van der Waals surface area contributed by atoms with Crippen molar-refractivity contribution in [2.24, 2.45) is 10.8 Å². The van der Waals surface area contributed by atoms with Crippen molar-refractivity contribution in [3.63, 3.8) is 0 Å². The van der Waals surface area contributed by atoms with Crippen LogP contribution in [0.5, 0.6) is 0 Å². The van der Waals surface area contributed by atoms with Crippen LogP contribution in [0.15, 0.2) is 0 Å². The Morgan fingerprint density at radius 1 is 1.12 bits per heavy atom. The van der Waals surface area contributed by atoms with Crippen molar-refractivity contribution in [1.82, 2.24) is 0 Å². The van der Waals surface area contributed by atoms with E-state index in [0.29, 0.717) is 0 Å². The molecule has 0 unspecified atom stereocenters. The molecule has 0 bridgehead atoms. The van der Waals surface area contributed by atoms with E-state index in [2.05, 4.69) is 12.6 Å². The van der Waals surface area contributed by atoms with Crippen LogP contribution in [-0.2, 0) is 14.4 Å². The largest absolute Gasteiger partial charge is 0.481 e. The highest BCUT2D eigenvalue weighted by atomic mass is 32.1. The Morgan fingerprint density at radius 3 is 1.82 bits per heavy atom. The van der Waals surface area contributed by atoms with Crippen molar-refractivity contribution in [1.29, 1.82) is 0 Å². The van der Waals surface area contributed by atoms with E-state index in [0.717, 1.165) is 0 Å². The van der Waals surface area contributed by atoms with Gasteiger partial charge >= 0.3 is 11.9 Å². The molecule has 2 N–H and O–H groups in total. The summed E-state index contributed by atoms with van der Waals surface area (Å²) in [6, 6.07) is 0. The molecule has 0 rings (SSSR count). The molecule has 1 atom stereocenters. The van der Waals surface area contributed by atoms with Gasteiger partial charge in [0.1, 0.15) is 5.41 Å². The summed E-state index contributed by atoms with van der Waals surface area (Å²) in [5.74, 6) is -3.13. The Labute approximate surface area is 106 Å². The molecule has 0 aromatic heterocycles. The Morgan fingerprint density at radius 2 is 1.59 bits per heavy atom. The summed E-state index contributed by atoms with van der Waals surface area (Å²) in [4.78, 5) is 34.0. The maximum absolute atomic E-state index is 12.1. The number of ketones is 1. The molecule has 17 heavy (non-hydrogen) atoms. The van der Waals surface area contributed by atoms with Crippen LogP contribution in [0.3, 0.4) is 0 Å². The minimum Gasteiger partial charge on any atom is -0.481 e. The summed E-state index contributed by atoms with van der Waals surface area (Å²) in [7, 11) is 0. The van der Waals surface area contributed by atoms with Gasteiger partial charge in [0.25, 0.3) is 0 Å². The fourth-order valence-corrected chi connectivity index (χ4v) is 2.01. The Kier molecular flexibility index (Phi) is 5.19. The molecule has 0 heterocycles. The lowest BCUT2D eigenvalue weighted by molar-refractivity contribution is -0.157. The molecule has 0 aliphatic heterocycles. The van der Waals surface area contributed by atoms with Crippen molar-refractivity contribution in [2.45, 2.75) is 33.6 Å². The molecule has 0 aliphatic rings. The van der Waals surface area contributed by atoms with Crippen molar-refractivity contribution < 1.29 is 24.6 Å². The number of hydrogen-bond acceptors (Lipinski definition) is 4. The van der Waals surface area contributed by atoms with Crippen LogP contribution in [0, 0.1) is 10.8 Å². The fourth-order valence-electron chi connectivity index (χ4n) is 1.57. The molecule has 0 aliphatic carbocycles. The van der Waals surface area contributed by atoms with E-state index in [1.54, 1.807) is 20.8 Å². The SMILES string of the molecule is CC(C)(C)C(=O)[C@@](CS)(CCC(=O)O)C(=O)O. The minimum atomic E-state index is -1.72. The highest BCUT2D eigenvalue weighted by Crippen LogP contribution is 2.35. The predicted molar refractivity (Wildman–Crippen MR) is 65.3 cm³/mol. The van der Waals surface area contributed by atoms with Crippen LogP contribution in [0.2, 0.25) is 0 Å². The number of hydrogen-bond donors (Lipinski definition) is 3. The van der Waals surface area contributed by atoms with Gasteiger partial charge in [0.05, 0.1) is 0 Å². The van der Waals surface area contributed by atoms with Gasteiger partial charge in [-0.2, -0.15) is 12.6 Å². The zero-order chi connectivity index (χ0) is 13.9. The molecule has 6 heteroatoms. The van der Waals surface area contributed by atoms with Gasteiger partial charge in [0.15, 0.2) is 5.78 Å². The van der Waals surface area contributed by atoms with Crippen molar-refractivity contribution in [2.75, 3.05) is 5.75 Å². The van der Waals surface area contributed by atoms with Gasteiger partial charge < -0.3 is 10.2 Å². The quantitative estimate of drug-likeness (QED) is 0.498. The molecular weight excluding hydrogens is 244 g/mol. The van der Waals surface area contributed by atoms with Gasteiger partial charge in [-0.3, -0.25) is 14.4 Å². The number of carbonyl (C=O) groups is 3. The van der Waals surface area contributed by atoms with E-state index in [9.17, 15) is 19.5 Å². The average Bonchev–Trinajstić information content (AvgIpc) is 2.16. The number of carbonyl (C=O) groups excluding carboxylic acids is 1. The summed E-state index contributed by atoms with van der Waals surface area (Å²) in [5, 5.41) is 17.8. The maximum Gasteiger partial charge on any atom is 0.318 e. The molecule has 0 saturated carbocycles. The van der Waals surface area contributed by atoms with Crippen LogP contribution >= 0.6 is 12.6 Å². The number of rotatable bonds is 6. The molecule has 0 spiro atoms. The molecule has 0 radical (unpaired) electrons. The first-order valence-electron chi connectivity index (χ1n) is 5.19. The fraction of sp³-hybridized carbons (Fsp3) is 0.727. The molecule has 0 fully saturated rings. The molecule has 0 aromatic rings. The standard InChI is InChI=1S/C11H18O5S/c1-10(2,3)8(14)11(6-17,9(15)16)5-4-7(12)13/h17H,4-6H2,1-3H3,(H,12,13)(H,15,16)/t11-/m0/s1. The topological polar surface area (TPSA) is 91.7 Å². The smallest absolute Gasteiger partial charge is 0.318 e. The van der Waals surface area contributed by atoms with E-state index in [1.807, 2.05) is 0 Å². The lowest BCUT2D eigenvalue weighted by Crippen LogP contribution is -2.47. The van der Waals surface area contributed by atoms with E-state index < -0.39 is 28.6 Å². The first-order valence-corrected chi connectivity index (χ1v) is 5.82. The maximum atomic E-state index is 12.1. The summed E-state index contributed by atoms with van der Waals surface area (Å²) >= 11 is 3.92. The number of aliphatic carboxylic acids is 2. The van der Waals surface area contributed by atoms with Crippen LogP contribution in [0.25, 0.3) is 0 Å². The van der Waals surface area contributed by atoms with Crippen molar-refractivity contribution >= 4 is 30.4 Å². The minimum absolute atomic E-state index is 0.203. The summed E-state index contributed by atoms with van der Waals surface area (Å²) in [6.07, 6.45) is -0.605. The molecule has 0 aromatic carbocycles. The summed E-state index contributed by atoms with van der Waals surface area (Å²) < 4.78 is 0. The number of Topliss-reactive ketones (excluding diaryl/α,β-unsaturated/α-hetero) is 1. The summed E-state index contributed by atoms with van der Waals surface area (Å²) in [5.41, 5.74) is -2.57. The van der Waals surface area contributed by atoms with Crippen LogP contribution in [0.1, 0.15) is 33.6 Å². The van der Waals surface area contributed by atoms with Gasteiger partial charge in [-0.15, -0.1) is 0 Å². The Bertz CT molecular complexity index is 331. The van der Waals surface area contributed by atoms with Crippen LogP contribution in [-0.4, -0.2) is 33.7 Å². The van der Waals surface area contributed by atoms with Gasteiger partial charge in [0.2, 0.25) is 0 Å². The second-order valence-electron chi connectivity index (χ2n) is 5.02. The first kappa shape index (κ1) is 16.0. The molecular formula is C11H18O5S. The Balaban J connectivity index is 5.30.